The maximum absolute atomic E-state index is 14.2. The minimum atomic E-state index is -4.64. The number of piperazine rings is 1. The maximum atomic E-state index is 14.2. The van der Waals surface area contributed by atoms with E-state index in [1.165, 1.54) is 12.3 Å². The Balaban J connectivity index is 1.12. The van der Waals surface area contributed by atoms with Crippen molar-refractivity contribution in [3.8, 4) is 23.2 Å². The molecule has 1 saturated heterocycles. The molecular weight excluding hydrogens is 633 g/mol. The van der Waals surface area contributed by atoms with Gasteiger partial charge in [0.1, 0.15) is 18.2 Å². The van der Waals surface area contributed by atoms with E-state index in [0.717, 1.165) is 42.9 Å². The molecule has 14 heteroatoms. The van der Waals surface area contributed by atoms with E-state index in [9.17, 15) is 22.8 Å². The van der Waals surface area contributed by atoms with Crippen LogP contribution >= 0.6 is 23.2 Å². The van der Waals surface area contributed by atoms with Gasteiger partial charge < -0.3 is 14.6 Å². The minimum Gasteiger partial charge on any atom is -0.487 e. The summed E-state index contributed by atoms with van der Waals surface area (Å²) >= 11 is 12.2. The smallest absolute Gasteiger partial charge is 0.451 e. The number of nitrogens with one attached hydrogen (secondary N) is 1. The third-order valence-corrected chi connectivity index (χ3v) is 8.68. The number of nitrogens with zero attached hydrogens (tertiary/aromatic N) is 6. The van der Waals surface area contributed by atoms with Gasteiger partial charge in [0.2, 0.25) is 5.82 Å². The van der Waals surface area contributed by atoms with Crippen LogP contribution in [0.2, 0.25) is 10.0 Å². The molecule has 45 heavy (non-hydrogen) atoms. The van der Waals surface area contributed by atoms with E-state index in [-0.39, 0.29) is 12.4 Å². The Morgan fingerprint density at radius 1 is 1.00 bits per heavy atom. The number of pyridine rings is 1. The predicted molar refractivity (Wildman–Crippen MR) is 160 cm³/mol. The lowest BCUT2D eigenvalue weighted by Crippen LogP contribution is -2.46. The number of H-pyrrole nitrogens is 1. The minimum absolute atomic E-state index is 0.00108. The number of nitriles is 1. The molecule has 0 atom stereocenters. The third kappa shape index (κ3) is 7.16. The van der Waals surface area contributed by atoms with Gasteiger partial charge >= 0.3 is 6.18 Å². The monoisotopic (exact) mass is 659 g/mol. The molecule has 234 valence electrons. The lowest BCUT2D eigenvalue weighted by molar-refractivity contribution is -0.144. The number of hydrogen-bond acceptors (Lipinski definition) is 7. The molecule has 2 aliphatic rings. The second-order valence-corrected chi connectivity index (χ2v) is 12.2. The SMILES string of the molecule is N#CC1(Cc2cc(-c3nnc(C(F)(F)F)[nH]3)cnc2CN2CCN(c3ccc(Cl)c(OCc4ccc(Cl)cc4F)c3)CC2)CC1. The summed E-state index contributed by atoms with van der Waals surface area (Å²) < 4.78 is 59.3. The average Bonchev–Trinajstić information content (AvgIpc) is 3.59. The normalized spacial score (nSPS) is 16.4. The second kappa shape index (κ2) is 12.5. The highest BCUT2D eigenvalue weighted by Gasteiger charge is 2.43. The van der Waals surface area contributed by atoms with Gasteiger partial charge in [0.15, 0.2) is 5.82 Å². The maximum Gasteiger partial charge on any atom is 0.451 e. The Hall–Kier alpha value is -3.92. The van der Waals surface area contributed by atoms with Crippen molar-refractivity contribution in [2.45, 2.75) is 38.6 Å². The van der Waals surface area contributed by atoms with Crippen LogP contribution in [0.3, 0.4) is 0 Å². The summed E-state index contributed by atoms with van der Waals surface area (Å²) in [6.45, 7) is 3.38. The molecule has 0 bridgehead atoms. The standard InChI is InChI=1S/C31H27Cl2F4N7O/c32-22-2-1-19(25(34)12-22)17-45-27-13-23(3-4-24(27)33)44-9-7-43(8-10-44)16-26-20(14-30(18-38)5-6-30)11-21(15-39-26)28-40-29(42-41-28)31(35,36)37/h1-4,11-13,15H,5-10,14,16-17H2,(H,40,41,42). The molecule has 6 rings (SSSR count). The van der Waals surface area contributed by atoms with E-state index in [2.05, 4.69) is 36.0 Å². The van der Waals surface area contributed by atoms with E-state index in [4.69, 9.17) is 27.9 Å². The van der Waals surface area contributed by atoms with Gasteiger partial charge in [-0.15, -0.1) is 10.2 Å². The Labute approximate surface area is 266 Å². The lowest BCUT2D eigenvalue weighted by atomic mass is 9.95. The van der Waals surface area contributed by atoms with Gasteiger partial charge in [-0.1, -0.05) is 29.3 Å². The second-order valence-electron chi connectivity index (χ2n) is 11.3. The molecule has 1 aliphatic carbocycles. The topological polar surface area (TPSA) is 94.0 Å². The molecule has 8 nitrogen and oxygen atoms in total. The lowest BCUT2D eigenvalue weighted by Gasteiger charge is -2.36. The number of rotatable bonds is 9. The van der Waals surface area contributed by atoms with Crippen LogP contribution in [-0.4, -0.2) is 51.2 Å². The first-order valence-electron chi connectivity index (χ1n) is 14.2. The largest absolute Gasteiger partial charge is 0.487 e. The van der Waals surface area contributed by atoms with E-state index < -0.39 is 23.2 Å². The van der Waals surface area contributed by atoms with E-state index >= 15 is 0 Å². The average molecular weight is 661 g/mol. The molecule has 0 radical (unpaired) electrons. The van der Waals surface area contributed by atoms with Crippen molar-refractivity contribution in [3.05, 3.63) is 87.2 Å². The molecule has 2 aromatic heterocycles. The highest BCUT2D eigenvalue weighted by atomic mass is 35.5. The van der Waals surface area contributed by atoms with Crippen LogP contribution in [0.5, 0.6) is 5.75 Å². The molecular formula is C31H27Cl2F4N7O. The fraction of sp³-hybridized carbons (Fsp3) is 0.355. The van der Waals surface area contributed by atoms with Gasteiger partial charge in [-0.25, -0.2) is 4.39 Å². The van der Waals surface area contributed by atoms with Gasteiger partial charge in [0.25, 0.3) is 0 Å². The van der Waals surface area contributed by atoms with Gasteiger partial charge in [-0.2, -0.15) is 18.4 Å². The number of ether oxygens (including phenoxy) is 1. The van der Waals surface area contributed by atoms with Crippen molar-refractivity contribution in [2.75, 3.05) is 31.1 Å². The zero-order chi connectivity index (χ0) is 31.8. The summed E-state index contributed by atoms with van der Waals surface area (Å²) in [6, 6.07) is 14.1. The Morgan fingerprint density at radius 3 is 2.44 bits per heavy atom. The first-order valence-corrected chi connectivity index (χ1v) is 15.0. The van der Waals surface area contributed by atoms with Crippen LogP contribution in [0, 0.1) is 22.6 Å². The van der Waals surface area contributed by atoms with E-state index in [1.54, 1.807) is 24.3 Å². The van der Waals surface area contributed by atoms with Crippen molar-refractivity contribution in [3.63, 3.8) is 0 Å². The van der Waals surface area contributed by atoms with Crippen LogP contribution in [-0.2, 0) is 25.7 Å². The fourth-order valence-electron chi connectivity index (χ4n) is 5.30. The predicted octanol–water partition coefficient (Wildman–Crippen LogP) is 7.08. The summed E-state index contributed by atoms with van der Waals surface area (Å²) in [5.41, 5.74) is 2.79. The summed E-state index contributed by atoms with van der Waals surface area (Å²) in [5, 5.41) is 17.3. The number of hydrogen-bond donors (Lipinski definition) is 1. The van der Waals surface area contributed by atoms with Crippen molar-refractivity contribution < 1.29 is 22.3 Å². The number of benzene rings is 2. The Morgan fingerprint density at radius 2 is 1.78 bits per heavy atom. The van der Waals surface area contributed by atoms with Crippen LogP contribution in [0.4, 0.5) is 23.2 Å². The van der Waals surface area contributed by atoms with Crippen molar-refractivity contribution in [2.24, 2.45) is 5.41 Å². The third-order valence-electron chi connectivity index (χ3n) is 8.13. The first kappa shape index (κ1) is 31.1. The number of anilines is 1. The molecule has 0 spiro atoms. The van der Waals surface area contributed by atoms with E-state index in [0.29, 0.717) is 53.0 Å². The van der Waals surface area contributed by atoms with Crippen molar-refractivity contribution in [1.29, 1.82) is 5.26 Å². The van der Waals surface area contributed by atoms with Crippen molar-refractivity contribution in [1.82, 2.24) is 25.1 Å². The van der Waals surface area contributed by atoms with Crippen LogP contribution < -0.4 is 9.64 Å². The molecule has 1 N–H and O–H groups in total. The summed E-state index contributed by atoms with van der Waals surface area (Å²) in [4.78, 5) is 11.3. The Kier molecular flexibility index (Phi) is 8.61. The van der Waals surface area contributed by atoms with Gasteiger partial charge in [-0.3, -0.25) is 9.88 Å². The molecule has 0 unspecified atom stereocenters. The van der Waals surface area contributed by atoms with Crippen molar-refractivity contribution >= 4 is 28.9 Å². The molecule has 2 aromatic carbocycles. The van der Waals surface area contributed by atoms with Crippen LogP contribution in [0.15, 0.2) is 48.7 Å². The van der Waals surface area contributed by atoms with Gasteiger partial charge in [-0.05, 0) is 55.2 Å². The summed E-state index contributed by atoms with van der Waals surface area (Å²) in [7, 11) is 0. The van der Waals surface area contributed by atoms with Gasteiger partial charge in [0.05, 0.1) is 22.2 Å². The zero-order valence-corrected chi connectivity index (χ0v) is 25.4. The summed E-state index contributed by atoms with van der Waals surface area (Å²) in [5.74, 6) is -1.21. The van der Waals surface area contributed by atoms with Crippen LogP contribution in [0.25, 0.3) is 11.4 Å². The number of aromatic amines is 1. The number of alkyl halides is 3. The first-order chi connectivity index (χ1) is 21.5. The molecule has 4 aromatic rings. The number of halogens is 6. The number of aromatic nitrogens is 4. The van der Waals surface area contributed by atoms with Gasteiger partial charge in [0, 0.05) is 66.8 Å². The Bertz CT molecular complexity index is 1740. The van der Waals surface area contributed by atoms with Crippen LogP contribution in [0.1, 0.15) is 35.5 Å². The molecule has 1 saturated carbocycles. The molecule has 0 amide bonds. The highest BCUT2D eigenvalue weighted by molar-refractivity contribution is 6.32. The molecule has 2 fully saturated rings. The fourth-order valence-corrected chi connectivity index (χ4v) is 5.63. The molecule has 3 heterocycles. The molecule has 1 aliphatic heterocycles. The highest BCUT2D eigenvalue weighted by Crippen LogP contribution is 2.48. The zero-order valence-electron chi connectivity index (χ0n) is 23.8. The van der Waals surface area contributed by atoms with E-state index in [1.807, 2.05) is 12.1 Å². The quantitative estimate of drug-likeness (QED) is 0.192. The summed E-state index contributed by atoms with van der Waals surface area (Å²) in [6.07, 6.45) is -1.14.